The van der Waals surface area contributed by atoms with Gasteiger partial charge in [-0.1, -0.05) is 0 Å². The normalized spacial score (nSPS) is 17.9. The van der Waals surface area contributed by atoms with Crippen molar-refractivity contribution in [1.82, 2.24) is 10.0 Å². The van der Waals surface area contributed by atoms with E-state index in [9.17, 15) is 13.2 Å². The van der Waals surface area contributed by atoms with Crippen LogP contribution in [-0.4, -0.2) is 47.2 Å². The highest BCUT2D eigenvalue weighted by atomic mass is 32.2. The summed E-state index contributed by atoms with van der Waals surface area (Å²) >= 11 is 0. The summed E-state index contributed by atoms with van der Waals surface area (Å²) in [6, 6.07) is 4.21. The summed E-state index contributed by atoms with van der Waals surface area (Å²) in [6.45, 7) is 3.12. The van der Waals surface area contributed by atoms with Crippen LogP contribution in [0.1, 0.15) is 30.1 Å². The SMILES string of the molecule is CCNC(=O)c1cc(S(=O)(=O)NC[C@@H]2CCCO2)ccc1OC. The van der Waals surface area contributed by atoms with Crippen molar-refractivity contribution in [2.45, 2.75) is 30.8 Å². The summed E-state index contributed by atoms with van der Waals surface area (Å²) < 4.78 is 37.8. The fourth-order valence-electron chi connectivity index (χ4n) is 2.38. The van der Waals surface area contributed by atoms with Crippen molar-refractivity contribution >= 4 is 15.9 Å². The lowest BCUT2D eigenvalue weighted by atomic mass is 10.2. The van der Waals surface area contributed by atoms with E-state index in [4.69, 9.17) is 9.47 Å². The molecule has 1 saturated heterocycles. The number of benzene rings is 1. The average molecular weight is 342 g/mol. The van der Waals surface area contributed by atoms with E-state index >= 15 is 0 Å². The Balaban J connectivity index is 2.20. The van der Waals surface area contributed by atoms with Crippen molar-refractivity contribution in [2.24, 2.45) is 0 Å². The van der Waals surface area contributed by atoms with Crippen LogP contribution >= 0.6 is 0 Å². The zero-order chi connectivity index (χ0) is 16.9. The smallest absolute Gasteiger partial charge is 0.255 e. The molecule has 1 amide bonds. The van der Waals surface area contributed by atoms with Crippen LogP contribution in [0.3, 0.4) is 0 Å². The Labute approximate surface area is 136 Å². The van der Waals surface area contributed by atoms with Gasteiger partial charge in [0.25, 0.3) is 5.91 Å². The van der Waals surface area contributed by atoms with Gasteiger partial charge in [-0.3, -0.25) is 4.79 Å². The maximum Gasteiger partial charge on any atom is 0.255 e. The van der Waals surface area contributed by atoms with E-state index in [0.29, 0.717) is 18.9 Å². The van der Waals surface area contributed by atoms with Gasteiger partial charge in [-0.25, -0.2) is 13.1 Å². The molecule has 0 unspecified atom stereocenters. The van der Waals surface area contributed by atoms with E-state index in [1.165, 1.54) is 25.3 Å². The van der Waals surface area contributed by atoms with Gasteiger partial charge in [-0.15, -0.1) is 0 Å². The molecule has 1 atom stereocenters. The van der Waals surface area contributed by atoms with E-state index in [0.717, 1.165) is 12.8 Å². The fourth-order valence-corrected chi connectivity index (χ4v) is 3.47. The molecule has 23 heavy (non-hydrogen) atoms. The Bertz CT molecular complexity index is 654. The standard InChI is InChI=1S/C15H22N2O5S/c1-3-16-15(18)13-9-12(6-7-14(13)21-2)23(19,20)17-10-11-5-4-8-22-11/h6-7,9,11,17H,3-5,8,10H2,1-2H3,(H,16,18)/t11-/m0/s1. The van der Waals surface area contributed by atoms with Crippen molar-refractivity contribution in [3.05, 3.63) is 23.8 Å². The third-order valence-corrected chi connectivity index (χ3v) is 5.01. The number of hydrogen-bond donors (Lipinski definition) is 2. The molecule has 1 aliphatic rings. The number of carbonyl (C=O) groups is 1. The number of nitrogens with one attached hydrogen (secondary N) is 2. The number of methoxy groups -OCH3 is 1. The zero-order valence-electron chi connectivity index (χ0n) is 13.3. The lowest BCUT2D eigenvalue weighted by molar-refractivity contribution is 0.0952. The number of carbonyl (C=O) groups excluding carboxylic acids is 1. The van der Waals surface area contributed by atoms with Gasteiger partial charge in [0, 0.05) is 19.7 Å². The van der Waals surface area contributed by atoms with Gasteiger partial charge in [0.2, 0.25) is 10.0 Å². The highest BCUT2D eigenvalue weighted by Crippen LogP contribution is 2.22. The lowest BCUT2D eigenvalue weighted by Gasteiger charge is -2.13. The molecule has 2 N–H and O–H groups in total. The average Bonchev–Trinajstić information content (AvgIpc) is 3.06. The minimum absolute atomic E-state index is 0.0255. The number of ether oxygens (including phenoxy) is 2. The third-order valence-electron chi connectivity index (χ3n) is 3.59. The van der Waals surface area contributed by atoms with E-state index in [1.807, 2.05) is 0 Å². The summed E-state index contributed by atoms with van der Waals surface area (Å²) in [5, 5.41) is 2.64. The van der Waals surface area contributed by atoms with Crippen LogP contribution in [0.2, 0.25) is 0 Å². The largest absolute Gasteiger partial charge is 0.496 e. The molecule has 0 spiro atoms. The molecule has 1 fully saturated rings. The number of sulfonamides is 1. The van der Waals surface area contributed by atoms with E-state index in [1.54, 1.807) is 6.92 Å². The fraction of sp³-hybridized carbons (Fsp3) is 0.533. The van der Waals surface area contributed by atoms with Gasteiger partial charge in [0.1, 0.15) is 5.75 Å². The second-order valence-corrected chi connectivity index (χ2v) is 6.98. The van der Waals surface area contributed by atoms with Gasteiger partial charge >= 0.3 is 0 Å². The predicted octanol–water partition coefficient (Wildman–Crippen LogP) is 0.902. The molecule has 0 radical (unpaired) electrons. The van der Waals surface area contributed by atoms with E-state index in [-0.39, 0.29) is 29.0 Å². The molecule has 8 heteroatoms. The molecule has 128 valence electrons. The van der Waals surface area contributed by atoms with Gasteiger partial charge in [0.15, 0.2) is 0 Å². The molecule has 2 rings (SSSR count). The Morgan fingerprint density at radius 1 is 1.43 bits per heavy atom. The van der Waals surface area contributed by atoms with Crippen LogP contribution in [0.5, 0.6) is 5.75 Å². The molecule has 1 aromatic carbocycles. The van der Waals surface area contributed by atoms with Crippen LogP contribution in [-0.2, 0) is 14.8 Å². The lowest BCUT2D eigenvalue weighted by Crippen LogP contribution is -2.32. The van der Waals surface area contributed by atoms with Crippen molar-refractivity contribution in [3.8, 4) is 5.75 Å². The van der Waals surface area contributed by atoms with Crippen LogP contribution in [0.25, 0.3) is 0 Å². The summed E-state index contributed by atoms with van der Waals surface area (Å²) in [7, 11) is -2.28. The zero-order valence-corrected chi connectivity index (χ0v) is 14.1. The first kappa shape index (κ1) is 17.7. The Morgan fingerprint density at radius 3 is 2.83 bits per heavy atom. The third kappa shape index (κ3) is 4.43. The topological polar surface area (TPSA) is 93.7 Å². The van der Waals surface area contributed by atoms with Gasteiger partial charge in [-0.2, -0.15) is 0 Å². The van der Waals surface area contributed by atoms with Crippen LogP contribution < -0.4 is 14.8 Å². The molecular weight excluding hydrogens is 320 g/mol. The Morgan fingerprint density at radius 2 is 2.22 bits per heavy atom. The summed E-state index contributed by atoms with van der Waals surface area (Å²) in [5.41, 5.74) is 0.189. The summed E-state index contributed by atoms with van der Waals surface area (Å²) in [5.74, 6) is -0.0467. The van der Waals surface area contributed by atoms with E-state index < -0.39 is 10.0 Å². The maximum absolute atomic E-state index is 12.4. The Hall–Kier alpha value is -1.64. The second-order valence-electron chi connectivity index (χ2n) is 5.21. The predicted molar refractivity (Wildman–Crippen MR) is 85.2 cm³/mol. The summed E-state index contributed by atoms with van der Waals surface area (Å²) in [4.78, 5) is 12.1. The van der Waals surface area contributed by atoms with Crippen molar-refractivity contribution in [2.75, 3.05) is 26.8 Å². The molecule has 0 aliphatic carbocycles. The van der Waals surface area contributed by atoms with Gasteiger partial charge < -0.3 is 14.8 Å². The Kier molecular flexibility index (Phi) is 5.97. The summed E-state index contributed by atoms with van der Waals surface area (Å²) in [6.07, 6.45) is 1.69. The highest BCUT2D eigenvalue weighted by molar-refractivity contribution is 7.89. The van der Waals surface area contributed by atoms with Crippen LogP contribution in [0.4, 0.5) is 0 Å². The maximum atomic E-state index is 12.4. The highest BCUT2D eigenvalue weighted by Gasteiger charge is 2.22. The van der Waals surface area contributed by atoms with Crippen molar-refractivity contribution in [1.29, 1.82) is 0 Å². The minimum atomic E-state index is -3.71. The molecule has 1 aliphatic heterocycles. The van der Waals surface area contributed by atoms with Crippen LogP contribution in [0.15, 0.2) is 23.1 Å². The molecule has 0 aromatic heterocycles. The molecule has 0 saturated carbocycles. The number of hydrogen-bond acceptors (Lipinski definition) is 5. The first-order valence-electron chi connectivity index (χ1n) is 7.55. The van der Waals surface area contributed by atoms with Crippen molar-refractivity contribution in [3.63, 3.8) is 0 Å². The van der Waals surface area contributed by atoms with Gasteiger partial charge in [-0.05, 0) is 38.0 Å². The first-order chi connectivity index (χ1) is 11.0. The monoisotopic (exact) mass is 342 g/mol. The van der Waals surface area contributed by atoms with E-state index in [2.05, 4.69) is 10.0 Å². The molecule has 1 aromatic rings. The molecule has 7 nitrogen and oxygen atoms in total. The second kappa shape index (κ2) is 7.76. The van der Waals surface area contributed by atoms with Crippen molar-refractivity contribution < 1.29 is 22.7 Å². The minimum Gasteiger partial charge on any atom is -0.496 e. The molecule has 1 heterocycles. The quantitative estimate of drug-likeness (QED) is 0.768. The van der Waals surface area contributed by atoms with Gasteiger partial charge in [0.05, 0.1) is 23.7 Å². The number of rotatable bonds is 7. The molecule has 0 bridgehead atoms. The number of amides is 1. The first-order valence-corrected chi connectivity index (χ1v) is 9.03. The van der Waals surface area contributed by atoms with Crippen LogP contribution in [0, 0.1) is 0 Å². The molecular formula is C15H22N2O5S.